The smallest absolute Gasteiger partial charge is 0.170 e. The van der Waals surface area contributed by atoms with Gasteiger partial charge >= 0.3 is 0 Å². The summed E-state index contributed by atoms with van der Waals surface area (Å²) in [7, 11) is -0.273. The normalized spacial score (nSPS) is 51.4. The zero-order valence-corrected chi connectivity index (χ0v) is 30.2. The predicted octanol–water partition coefficient (Wildman–Crippen LogP) is 4.58. The average molecular weight is 663 g/mol. The van der Waals surface area contributed by atoms with Crippen molar-refractivity contribution in [1.82, 2.24) is 9.62 Å². The summed E-state index contributed by atoms with van der Waals surface area (Å²) in [5.74, 6) is 6.08. The molecule has 8 rings (SSSR count). The van der Waals surface area contributed by atoms with Crippen LogP contribution in [0.5, 0.6) is 0 Å². The second kappa shape index (κ2) is 11.2. The molecule has 0 aromatic heterocycles. The van der Waals surface area contributed by atoms with Crippen molar-refractivity contribution in [2.45, 2.75) is 141 Å². The molecule has 5 saturated carbocycles. The number of morpholine rings is 1. The Morgan fingerprint density at radius 3 is 2.48 bits per heavy atom. The van der Waals surface area contributed by atoms with Crippen molar-refractivity contribution in [2.24, 2.45) is 45.3 Å². The third kappa shape index (κ3) is 4.79. The minimum atomic E-state index is -0.928. The highest BCUT2D eigenvalue weighted by Gasteiger charge is 2.81. The maximum absolute atomic E-state index is 12.3. The van der Waals surface area contributed by atoms with Crippen LogP contribution in [0.2, 0.25) is 0 Å². The second-order valence-electron chi connectivity index (χ2n) is 18.4. The molecule has 3 saturated heterocycles. The van der Waals surface area contributed by atoms with Gasteiger partial charge in [0.1, 0.15) is 0 Å². The molecular weight excluding hydrogens is 600 g/mol. The quantitative estimate of drug-likeness (QED) is 0.342. The highest BCUT2D eigenvalue weighted by molar-refractivity contribution is 8.11. The van der Waals surface area contributed by atoms with Gasteiger partial charge < -0.3 is 29.2 Å². The number of nitrogens with zero attached hydrogens (tertiary/aromatic N) is 1. The van der Waals surface area contributed by atoms with Gasteiger partial charge in [-0.2, -0.15) is 0 Å². The lowest BCUT2D eigenvalue weighted by atomic mass is 9.46. The van der Waals surface area contributed by atoms with Gasteiger partial charge in [0, 0.05) is 6.54 Å². The number of hydrogen-bond acceptors (Lipinski definition) is 8. The van der Waals surface area contributed by atoms with E-state index in [1.807, 2.05) is 13.8 Å². The summed E-state index contributed by atoms with van der Waals surface area (Å²) < 4.78 is 29.0. The topological polar surface area (TPSA) is 92.7 Å². The Morgan fingerprint density at radius 2 is 1.78 bits per heavy atom. The third-order valence-corrected chi connectivity index (χ3v) is 16.2. The predicted molar refractivity (Wildman–Crippen MR) is 182 cm³/mol. The molecule has 14 atom stereocenters. The van der Waals surface area contributed by atoms with Crippen molar-refractivity contribution in [3.8, 4) is 0 Å². The van der Waals surface area contributed by atoms with Crippen LogP contribution >= 0.6 is 10.7 Å². The largest absolute Gasteiger partial charge is 0.390 e. The Labute approximate surface area is 280 Å². The minimum Gasteiger partial charge on any atom is -0.390 e. The molecule has 0 aromatic rings. The molecule has 0 amide bonds. The Morgan fingerprint density at radius 1 is 1.02 bits per heavy atom. The van der Waals surface area contributed by atoms with Crippen LogP contribution in [0.4, 0.5) is 0 Å². The monoisotopic (exact) mass is 662 g/mol. The summed E-state index contributed by atoms with van der Waals surface area (Å²) in [6, 6.07) is 0.323. The molecule has 8 aliphatic rings. The van der Waals surface area contributed by atoms with E-state index in [0.29, 0.717) is 40.5 Å². The number of ether oxygens (including phenoxy) is 4. The molecule has 5 aliphatic carbocycles. The molecule has 8 fully saturated rings. The van der Waals surface area contributed by atoms with Crippen molar-refractivity contribution in [2.75, 3.05) is 39.2 Å². The number of rotatable bonds is 7. The number of aliphatic hydroxyl groups excluding tert-OH is 1. The first kappa shape index (κ1) is 33.1. The first-order chi connectivity index (χ1) is 21.7. The lowest BCUT2D eigenvalue weighted by Crippen LogP contribution is -2.58. The molecule has 8 nitrogen and oxygen atoms in total. The van der Waals surface area contributed by atoms with E-state index in [9.17, 15) is 10.2 Å². The summed E-state index contributed by atoms with van der Waals surface area (Å²) in [4.78, 5) is 2.51. The lowest BCUT2D eigenvalue weighted by Gasteiger charge is -2.60. The fourth-order valence-electron chi connectivity index (χ4n) is 13.3. The van der Waals surface area contributed by atoms with Gasteiger partial charge in [-0.3, -0.25) is 9.62 Å². The van der Waals surface area contributed by atoms with Crippen molar-refractivity contribution in [3.63, 3.8) is 0 Å². The molecule has 6 unspecified atom stereocenters. The van der Waals surface area contributed by atoms with Crippen LogP contribution in [-0.2, 0) is 18.9 Å². The Bertz CT molecular complexity index is 1210. The molecule has 0 radical (unpaired) electrons. The van der Waals surface area contributed by atoms with Crippen LogP contribution in [0, 0.1) is 45.3 Å². The van der Waals surface area contributed by atoms with Crippen LogP contribution in [-0.4, -0.2) is 109 Å². The minimum absolute atomic E-state index is 0.0995. The van der Waals surface area contributed by atoms with Gasteiger partial charge in [0.2, 0.25) is 0 Å². The van der Waals surface area contributed by atoms with Gasteiger partial charge in [0.15, 0.2) is 6.29 Å². The lowest BCUT2D eigenvalue weighted by molar-refractivity contribution is -0.254. The van der Waals surface area contributed by atoms with E-state index < -0.39 is 11.7 Å². The zero-order chi connectivity index (χ0) is 32.4. The van der Waals surface area contributed by atoms with E-state index in [2.05, 4.69) is 42.5 Å². The summed E-state index contributed by atoms with van der Waals surface area (Å²) in [5.41, 5.74) is 0.0405. The van der Waals surface area contributed by atoms with Crippen LogP contribution in [0.25, 0.3) is 0 Å². The van der Waals surface area contributed by atoms with Gasteiger partial charge in [0.05, 0.1) is 68.5 Å². The molecule has 46 heavy (non-hydrogen) atoms. The van der Waals surface area contributed by atoms with Crippen molar-refractivity contribution >= 4 is 16.5 Å². The fourth-order valence-corrected chi connectivity index (χ4v) is 14.2. The summed E-state index contributed by atoms with van der Waals surface area (Å²) in [6.07, 6.45) is 12.1. The zero-order valence-electron chi connectivity index (χ0n) is 29.3. The Kier molecular flexibility index (Phi) is 8.05. The van der Waals surface area contributed by atoms with Gasteiger partial charge in [0.25, 0.3) is 0 Å². The molecule has 2 spiro atoms. The first-order valence-electron chi connectivity index (χ1n) is 18.6. The number of aliphatic hydroxyl groups is 2. The maximum atomic E-state index is 12.3. The number of nitrogens with one attached hydrogen (secondary N) is 1. The third-order valence-electron chi connectivity index (χ3n) is 15.5. The molecule has 0 bridgehead atoms. The van der Waals surface area contributed by atoms with Crippen LogP contribution in [0.15, 0.2) is 0 Å². The van der Waals surface area contributed by atoms with E-state index in [0.717, 1.165) is 52.2 Å². The van der Waals surface area contributed by atoms with E-state index in [1.165, 1.54) is 38.5 Å². The summed E-state index contributed by atoms with van der Waals surface area (Å²) in [5, 5.41) is 23.4. The van der Waals surface area contributed by atoms with E-state index in [4.69, 9.17) is 18.9 Å². The van der Waals surface area contributed by atoms with Gasteiger partial charge in [-0.05, 0) is 123 Å². The van der Waals surface area contributed by atoms with Crippen LogP contribution in [0.3, 0.4) is 0 Å². The Hall–Kier alpha value is -0.100. The molecule has 9 heteroatoms. The molecule has 3 N–H and O–H groups in total. The van der Waals surface area contributed by atoms with E-state index in [-0.39, 0.29) is 52.1 Å². The summed E-state index contributed by atoms with van der Waals surface area (Å²) in [6.45, 7) is 15.5. The molecule has 0 aromatic carbocycles. The highest BCUT2D eigenvalue weighted by Crippen LogP contribution is 2.87. The fraction of sp³-hybridized carbons (Fsp3) is 0.973. The number of hydrogen-bond donors (Lipinski definition) is 3. The SMILES string of the molecule is C=S(C)N[C@@H]([C@H]1CC[C@H]2[C@H](O1)[C@H](O)C1[C@@H]3CC[C@H]4C(C)(C)[C@@H](OC5CN(C6COC6)CCO5)CCC45CC35CCC12C)C(C)(C)O. The first-order valence-corrected chi connectivity index (χ1v) is 20.4. The molecule has 3 aliphatic heterocycles. The Balaban J connectivity index is 0.988. The highest BCUT2D eigenvalue weighted by atomic mass is 32.2. The summed E-state index contributed by atoms with van der Waals surface area (Å²) >= 11 is 0. The second-order valence-corrected chi connectivity index (χ2v) is 19.9. The molecule has 3 heterocycles. The van der Waals surface area contributed by atoms with E-state index >= 15 is 0 Å². The number of fused-ring (bicyclic) bond motifs is 4. The van der Waals surface area contributed by atoms with Crippen molar-refractivity contribution < 1.29 is 29.2 Å². The average Bonchev–Trinajstić information content (AvgIpc) is 3.57. The maximum Gasteiger partial charge on any atom is 0.170 e. The van der Waals surface area contributed by atoms with Crippen LogP contribution in [0.1, 0.15) is 92.4 Å². The van der Waals surface area contributed by atoms with Gasteiger partial charge in [-0.15, -0.1) is 10.7 Å². The molecule has 262 valence electrons. The molecular formula is C37H62N2O6S. The van der Waals surface area contributed by atoms with Crippen molar-refractivity contribution in [1.29, 1.82) is 0 Å². The standard InChI is InChI=1S/C37H62N2O6S/c1-33(2)26-11-9-23-29-30(40)31-24(8-10-25(44-31)32(34(3,4)41)38-46(6)7)35(29,5)14-15-36(23)21-37(26,36)13-12-27(33)45-28-18-39(16-17-43-28)22-19-42-20-22/h22-32,38,40-41H,6,8-21H2,1-5,7H3/t23-,24-,25+,26-,27-,28?,29?,30+,31-,32-,35?,36?,37?,46?/m0/s1. The van der Waals surface area contributed by atoms with Gasteiger partial charge in [-0.1, -0.05) is 26.6 Å². The van der Waals surface area contributed by atoms with E-state index in [1.54, 1.807) is 0 Å². The van der Waals surface area contributed by atoms with Gasteiger partial charge in [-0.25, -0.2) is 0 Å². The van der Waals surface area contributed by atoms with Crippen LogP contribution < -0.4 is 4.72 Å². The van der Waals surface area contributed by atoms with Crippen molar-refractivity contribution in [3.05, 3.63) is 0 Å².